The number of fused-ring (bicyclic) bond motifs is 1. The molecule has 0 bridgehead atoms. The molecule has 0 aliphatic carbocycles. The molecule has 0 N–H and O–H groups in total. The Morgan fingerprint density at radius 2 is 1.79 bits per heavy atom. The molecule has 2 aromatic carbocycles. The van der Waals surface area contributed by atoms with E-state index in [4.69, 9.17) is 9.15 Å². The van der Waals surface area contributed by atoms with Crippen molar-refractivity contribution >= 4 is 10.9 Å². The summed E-state index contributed by atoms with van der Waals surface area (Å²) in [5.41, 5.74) is 0.151. The average molecular weight is 388 g/mol. The summed E-state index contributed by atoms with van der Waals surface area (Å²) in [5, 5.41) is 0.565. The van der Waals surface area contributed by atoms with Crippen molar-refractivity contribution in [1.82, 2.24) is 9.97 Å². The molecule has 0 fully saturated rings. The molecule has 4 nitrogen and oxygen atoms in total. The Bertz CT molecular complexity index is 1140. The van der Waals surface area contributed by atoms with Gasteiger partial charge in [0.05, 0.1) is 5.52 Å². The summed E-state index contributed by atoms with van der Waals surface area (Å²) in [6, 6.07) is 12.8. The summed E-state index contributed by atoms with van der Waals surface area (Å²) in [7, 11) is 0. The quantitative estimate of drug-likeness (QED) is 0.425. The second-order valence-corrected chi connectivity index (χ2v) is 5.99. The Morgan fingerprint density at radius 3 is 2.57 bits per heavy atom. The highest BCUT2D eigenvalue weighted by Crippen LogP contribution is 2.30. The minimum atomic E-state index is -4.51. The van der Waals surface area contributed by atoms with Gasteiger partial charge in [0.1, 0.15) is 35.8 Å². The molecular weight excluding hydrogens is 376 g/mol. The second kappa shape index (κ2) is 6.95. The summed E-state index contributed by atoms with van der Waals surface area (Å²) in [6.45, 7) is 0.0310. The van der Waals surface area contributed by atoms with Crippen LogP contribution in [-0.4, -0.2) is 9.97 Å². The van der Waals surface area contributed by atoms with Crippen molar-refractivity contribution in [2.45, 2.75) is 12.8 Å². The highest BCUT2D eigenvalue weighted by molar-refractivity contribution is 5.80. The first kappa shape index (κ1) is 18.0. The van der Waals surface area contributed by atoms with Gasteiger partial charge in [0, 0.05) is 17.0 Å². The number of pyridine rings is 1. The number of hydrogen-bond acceptors (Lipinski definition) is 4. The lowest BCUT2D eigenvalue weighted by Crippen LogP contribution is -2.07. The van der Waals surface area contributed by atoms with Crippen LogP contribution in [0.1, 0.15) is 11.4 Å². The maximum absolute atomic E-state index is 13.3. The van der Waals surface area contributed by atoms with E-state index in [2.05, 4.69) is 9.97 Å². The van der Waals surface area contributed by atoms with E-state index in [1.807, 2.05) is 0 Å². The van der Waals surface area contributed by atoms with E-state index < -0.39 is 17.7 Å². The van der Waals surface area contributed by atoms with Crippen molar-refractivity contribution in [2.24, 2.45) is 0 Å². The van der Waals surface area contributed by atoms with Crippen molar-refractivity contribution in [3.63, 3.8) is 0 Å². The lowest BCUT2D eigenvalue weighted by Gasteiger charge is -2.08. The van der Waals surface area contributed by atoms with Crippen molar-refractivity contribution in [2.75, 3.05) is 0 Å². The van der Waals surface area contributed by atoms with Gasteiger partial charge in [0.2, 0.25) is 5.89 Å². The summed E-state index contributed by atoms with van der Waals surface area (Å²) in [6.07, 6.45) is -3.14. The smallest absolute Gasteiger partial charge is 0.433 e. The zero-order valence-corrected chi connectivity index (χ0v) is 14.2. The second-order valence-electron chi connectivity index (χ2n) is 5.99. The third-order valence-electron chi connectivity index (χ3n) is 3.96. The molecule has 4 aromatic rings. The van der Waals surface area contributed by atoms with Crippen LogP contribution in [-0.2, 0) is 12.8 Å². The van der Waals surface area contributed by atoms with Crippen molar-refractivity contribution < 1.29 is 26.7 Å². The number of hydrogen-bond donors (Lipinski definition) is 0. The first-order valence-corrected chi connectivity index (χ1v) is 8.20. The van der Waals surface area contributed by atoms with Gasteiger partial charge in [-0.2, -0.15) is 13.2 Å². The summed E-state index contributed by atoms with van der Waals surface area (Å²) < 4.78 is 62.6. The van der Waals surface area contributed by atoms with Gasteiger partial charge in [-0.05, 0) is 36.4 Å². The molecule has 8 heteroatoms. The Kier molecular flexibility index (Phi) is 4.46. The number of alkyl halides is 3. The Labute approximate surface area is 156 Å². The van der Waals surface area contributed by atoms with Crippen LogP contribution in [0.25, 0.3) is 22.4 Å². The molecule has 2 heterocycles. The fourth-order valence-electron chi connectivity index (χ4n) is 2.63. The normalized spacial score (nSPS) is 11.7. The number of benzene rings is 2. The van der Waals surface area contributed by atoms with Crippen LogP contribution in [0.15, 0.2) is 65.3 Å². The predicted octanol–water partition coefficient (Wildman–Crippen LogP) is 5.63. The maximum Gasteiger partial charge on any atom is 0.433 e. The monoisotopic (exact) mass is 388 g/mol. The largest absolute Gasteiger partial charge is 0.487 e. The lowest BCUT2D eigenvalue weighted by atomic mass is 10.2. The van der Waals surface area contributed by atoms with Gasteiger partial charge in [-0.25, -0.2) is 14.4 Å². The van der Waals surface area contributed by atoms with Gasteiger partial charge in [0.25, 0.3) is 0 Å². The molecule has 0 amide bonds. The van der Waals surface area contributed by atoms with Crippen LogP contribution in [0.3, 0.4) is 0 Å². The van der Waals surface area contributed by atoms with E-state index in [0.29, 0.717) is 22.4 Å². The van der Waals surface area contributed by atoms with Gasteiger partial charge in [0.15, 0.2) is 0 Å². The zero-order chi connectivity index (χ0) is 19.7. The Hall–Kier alpha value is -3.42. The molecule has 28 heavy (non-hydrogen) atoms. The minimum absolute atomic E-state index is 0.0310. The van der Waals surface area contributed by atoms with Gasteiger partial charge >= 0.3 is 6.18 Å². The number of nitrogens with zero attached hydrogens (tertiary/aromatic N) is 2. The van der Waals surface area contributed by atoms with E-state index in [-0.39, 0.29) is 18.0 Å². The zero-order valence-electron chi connectivity index (χ0n) is 14.2. The summed E-state index contributed by atoms with van der Waals surface area (Å²) >= 11 is 0. The summed E-state index contributed by atoms with van der Waals surface area (Å²) in [5.74, 6) is 0.179. The number of ether oxygens (including phenoxy) is 1. The number of aromatic nitrogens is 2. The minimum Gasteiger partial charge on any atom is -0.487 e. The van der Waals surface area contributed by atoms with E-state index in [0.717, 1.165) is 6.07 Å². The molecule has 0 aliphatic rings. The lowest BCUT2D eigenvalue weighted by molar-refractivity contribution is -0.140. The van der Waals surface area contributed by atoms with E-state index in [1.54, 1.807) is 24.3 Å². The first-order chi connectivity index (χ1) is 13.4. The predicted molar refractivity (Wildman–Crippen MR) is 93.0 cm³/mol. The molecule has 0 radical (unpaired) electrons. The molecule has 0 saturated heterocycles. The van der Waals surface area contributed by atoms with E-state index in [9.17, 15) is 17.6 Å². The third-order valence-corrected chi connectivity index (χ3v) is 3.96. The molecule has 0 unspecified atom stereocenters. The molecule has 0 aliphatic heterocycles. The molecule has 0 spiro atoms. The third kappa shape index (κ3) is 3.80. The number of oxazole rings is 1. The highest BCUT2D eigenvalue weighted by atomic mass is 19.4. The molecule has 142 valence electrons. The molecule has 0 atom stereocenters. The van der Waals surface area contributed by atoms with Gasteiger partial charge in [-0.3, -0.25) is 0 Å². The topological polar surface area (TPSA) is 48.2 Å². The van der Waals surface area contributed by atoms with Gasteiger partial charge in [-0.15, -0.1) is 0 Å². The van der Waals surface area contributed by atoms with Crippen molar-refractivity contribution in [1.29, 1.82) is 0 Å². The maximum atomic E-state index is 13.3. The van der Waals surface area contributed by atoms with Crippen LogP contribution < -0.4 is 4.74 Å². The van der Waals surface area contributed by atoms with Crippen molar-refractivity contribution in [3.05, 3.63) is 78.1 Å². The number of halogens is 4. The van der Waals surface area contributed by atoms with Crippen LogP contribution in [0.4, 0.5) is 17.6 Å². The Morgan fingerprint density at radius 1 is 0.964 bits per heavy atom. The molecule has 0 saturated carbocycles. The van der Waals surface area contributed by atoms with Crippen LogP contribution in [0, 0.1) is 5.82 Å². The first-order valence-electron chi connectivity index (χ1n) is 8.20. The van der Waals surface area contributed by atoms with Crippen molar-refractivity contribution in [3.8, 4) is 17.2 Å². The van der Waals surface area contributed by atoms with Crippen LogP contribution in [0.2, 0.25) is 0 Å². The van der Waals surface area contributed by atoms with Crippen LogP contribution in [0.5, 0.6) is 5.75 Å². The van der Waals surface area contributed by atoms with E-state index in [1.165, 1.54) is 30.5 Å². The Balaban J connectivity index is 1.51. The molecule has 4 rings (SSSR count). The highest BCUT2D eigenvalue weighted by Gasteiger charge is 2.32. The summed E-state index contributed by atoms with van der Waals surface area (Å²) in [4.78, 5) is 7.86. The number of rotatable bonds is 4. The van der Waals surface area contributed by atoms with Gasteiger partial charge < -0.3 is 9.15 Å². The standard InChI is InChI=1S/C20H12F4N2O2/c21-14-3-1-2-13(8-14)19-25-15(11-28-19)10-27-16-6-4-12-5-7-18(20(22,23)24)26-17(12)9-16/h1-9,11H,10H2. The van der Waals surface area contributed by atoms with Crippen LogP contribution >= 0.6 is 0 Å². The van der Waals surface area contributed by atoms with Gasteiger partial charge in [-0.1, -0.05) is 12.1 Å². The molecular formula is C20H12F4N2O2. The average Bonchev–Trinajstić information content (AvgIpc) is 3.14. The van der Waals surface area contributed by atoms with E-state index >= 15 is 0 Å². The SMILES string of the molecule is Fc1cccc(-c2nc(COc3ccc4ccc(C(F)(F)F)nc4c3)co2)c1. The fraction of sp³-hybridized carbons (Fsp3) is 0.100. The fourth-order valence-corrected chi connectivity index (χ4v) is 2.63. The molecule has 2 aromatic heterocycles.